The molecule has 11 heteroatoms. The summed E-state index contributed by atoms with van der Waals surface area (Å²) in [6.45, 7) is 5.50. The largest absolute Gasteiger partial charge is 0.494 e. The smallest absolute Gasteiger partial charge is 0.411 e. The normalized spacial score (nSPS) is 17.6. The number of carbonyl (C=O) groups excluding carboxylic acids is 1. The van der Waals surface area contributed by atoms with Crippen LogP contribution in [0.25, 0.3) is 16.6 Å². The van der Waals surface area contributed by atoms with Gasteiger partial charge in [0, 0.05) is 24.1 Å². The second kappa shape index (κ2) is 10.1. The Morgan fingerprint density at radius 2 is 1.97 bits per heavy atom. The molecule has 2 aromatic carbocycles. The van der Waals surface area contributed by atoms with Crippen LogP contribution in [0.3, 0.4) is 0 Å². The highest BCUT2D eigenvalue weighted by Gasteiger charge is 2.41. The van der Waals surface area contributed by atoms with Crippen molar-refractivity contribution in [2.45, 2.75) is 44.9 Å². The molecule has 0 bridgehead atoms. The zero-order chi connectivity index (χ0) is 27.1. The number of halogens is 2. The number of benzene rings is 2. The number of rotatable bonds is 4. The number of carbonyl (C=O) groups is 1. The molecule has 2 atom stereocenters. The van der Waals surface area contributed by atoms with E-state index in [-0.39, 0.29) is 40.9 Å². The van der Waals surface area contributed by atoms with Crippen LogP contribution in [0.5, 0.6) is 5.75 Å². The number of aromatic nitrogens is 2. The highest BCUT2D eigenvalue weighted by atomic mass is 79.9. The molecule has 0 radical (unpaired) electrons. The minimum atomic E-state index is -0.751. The first-order chi connectivity index (χ1) is 17.5. The van der Waals surface area contributed by atoms with E-state index in [4.69, 9.17) is 19.2 Å². The Morgan fingerprint density at radius 1 is 1.24 bits per heavy atom. The Morgan fingerprint density at radius 3 is 2.57 bits per heavy atom. The topological polar surface area (TPSA) is 107 Å². The lowest BCUT2D eigenvalue weighted by Gasteiger charge is -2.29. The number of fused-ring (bicyclic) bond motifs is 1. The molecule has 194 valence electrons. The number of hydrogen-bond acceptors (Lipinski definition) is 7. The first-order valence-corrected chi connectivity index (χ1v) is 12.3. The van der Waals surface area contributed by atoms with Crippen molar-refractivity contribution in [2.75, 3.05) is 20.8 Å². The summed E-state index contributed by atoms with van der Waals surface area (Å²) in [4.78, 5) is 33.4. The van der Waals surface area contributed by atoms with Gasteiger partial charge in [-0.25, -0.2) is 14.2 Å². The molecule has 4 rings (SSSR count). The summed E-state index contributed by atoms with van der Waals surface area (Å²) in [6, 6.07) is 8.42. The number of hydrogen-bond donors (Lipinski definition) is 0. The fraction of sp³-hybridized carbons (Fsp3) is 0.385. The maximum Gasteiger partial charge on any atom is 0.411 e. The summed E-state index contributed by atoms with van der Waals surface area (Å²) in [5, 5.41) is 9.59. The van der Waals surface area contributed by atoms with Crippen LogP contribution in [0.2, 0.25) is 0 Å². The third-order valence-electron chi connectivity index (χ3n) is 6.00. The lowest BCUT2D eigenvalue weighted by molar-refractivity contribution is 0.0188. The number of amides is 1. The molecule has 1 amide bonds. The van der Waals surface area contributed by atoms with E-state index in [1.54, 1.807) is 33.9 Å². The Kier molecular flexibility index (Phi) is 7.26. The fourth-order valence-corrected chi connectivity index (χ4v) is 4.88. The quantitative estimate of drug-likeness (QED) is 0.439. The van der Waals surface area contributed by atoms with Crippen molar-refractivity contribution < 1.29 is 23.4 Å². The highest BCUT2D eigenvalue weighted by molar-refractivity contribution is 9.10. The van der Waals surface area contributed by atoms with Gasteiger partial charge >= 0.3 is 6.09 Å². The predicted octanol–water partition coefficient (Wildman–Crippen LogP) is 4.86. The maximum absolute atomic E-state index is 14.8. The molecule has 2 heterocycles. The van der Waals surface area contributed by atoms with Gasteiger partial charge in [-0.1, -0.05) is 0 Å². The Balaban J connectivity index is 2.01. The average molecular weight is 573 g/mol. The van der Waals surface area contributed by atoms with Crippen LogP contribution in [0, 0.1) is 17.1 Å². The lowest BCUT2D eigenvalue weighted by Crippen LogP contribution is -2.39. The van der Waals surface area contributed by atoms with Crippen LogP contribution >= 0.6 is 15.9 Å². The molecule has 1 aromatic heterocycles. The van der Waals surface area contributed by atoms with Crippen LogP contribution in [-0.2, 0) is 9.47 Å². The summed E-state index contributed by atoms with van der Waals surface area (Å²) in [7, 11) is 2.89. The molecule has 37 heavy (non-hydrogen) atoms. The van der Waals surface area contributed by atoms with Crippen molar-refractivity contribution in [3.63, 3.8) is 0 Å². The second-order valence-electron chi connectivity index (χ2n) is 9.64. The van der Waals surface area contributed by atoms with E-state index in [9.17, 15) is 19.2 Å². The standard InChI is InChI=1S/C26H26BrFN4O5/c1-26(2,3)37-25(34)31-13-16(35-4)11-20(31)23-30-22-17(8-14(12-29)9-18(22)27)24(33)32(23)15-6-7-21(36-5)19(28)10-15/h6-10,16,20H,11,13H2,1-5H3/t16-,20?/m1/s1. The van der Waals surface area contributed by atoms with Gasteiger partial charge in [0.2, 0.25) is 0 Å². The van der Waals surface area contributed by atoms with E-state index >= 15 is 0 Å². The molecule has 9 nitrogen and oxygen atoms in total. The molecule has 1 saturated heterocycles. The first-order valence-electron chi connectivity index (χ1n) is 11.5. The number of nitrogens with zero attached hydrogens (tertiary/aromatic N) is 4. The molecule has 0 spiro atoms. The number of methoxy groups -OCH3 is 2. The molecular formula is C26H26BrFN4O5. The molecule has 1 aliphatic heterocycles. The van der Waals surface area contributed by atoms with Crippen LogP contribution < -0.4 is 10.3 Å². The second-order valence-corrected chi connectivity index (χ2v) is 10.5. The summed E-state index contributed by atoms with van der Waals surface area (Å²) < 4.78 is 32.7. The van der Waals surface area contributed by atoms with Gasteiger partial charge in [0.1, 0.15) is 11.4 Å². The van der Waals surface area contributed by atoms with Gasteiger partial charge in [0.15, 0.2) is 11.6 Å². The van der Waals surface area contributed by atoms with Crippen molar-refractivity contribution >= 4 is 32.9 Å². The monoisotopic (exact) mass is 572 g/mol. The van der Waals surface area contributed by atoms with Gasteiger partial charge in [-0.3, -0.25) is 14.3 Å². The Labute approximate surface area is 221 Å². The van der Waals surface area contributed by atoms with Crippen molar-refractivity contribution in [3.8, 4) is 17.5 Å². The van der Waals surface area contributed by atoms with Crippen LogP contribution in [0.15, 0.2) is 39.6 Å². The fourth-order valence-electron chi connectivity index (χ4n) is 4.33. The molecule has 1 fully saturated rings. The SMILES string of the molecule is COc1ccc(-n2c(C3C[C@@H](OC)CN3C(=O)OC(C)(C)C)nc3c(Br)cc(C#N)cc3c2=O)cc1F. The van der Waals surface area contributed by atoms with E-state index in [2.05, 4.69) is 15.9 Å². The summed E-state index contributed by atoms with van der Waals surface area (Å²) in [5.74, 6) is -0.453. The number of likely N-dealkylation sites (tertiary alicyclic amines) is 1. The zero-order valence-electron chi connectivity index (χ0n) is 21.0. The van der Waals surface area contributed by atoms with Crippen molar-refractivity contribution in [2.24, 2.45) is 0 Å². The van der Waals surface area contributed by atoms with Crippen molar-refractivity contribution in [3.05, 3.63) is 62.4 Å². The Hall–Kier alpha value is -3.49. The summed E-state index contributed by atoms with van der Waals surface area (Å²) >= 11 is 3.42. The number of nitriles is 1. The summed E-state index contributed by atoms with van der Waals surface area (Å²) in [5.41, 5.74) is -0.508. The van der Waals surface area contributed by atoms with Crippen molar-refractivity contribution in [1.29, 1.82) is 5.26 Å². The van der Waals surface area contributed by atoms with E-state index in [0.717, 1.165) is 0 Å². The maximum atomic E-state index is 14.8. The molecular weight excluding hydrogens is 547 g/mol. The molecule has 0 saturated carbocycles. The van der Waals surface area contributed by atoms with Crippen LogP contribution in [0.4, 0.5) is 9.18 Å². The van der Waals surface area contributed by atoms with E-state index in [0.29, 0.717) is 16.4 Å². The van der Waals surface area contributed by atoms with E-state index in [1.165, 1.54) is 40.8 Å². The van der Waals surface area contributed by atoms with E-state index < -0.39 is 29.1 Å². The molecule has 0 N–H and O–H groups in total. The van der Waals surface area contributed by atoms with Gasteiger partial charge in [-0.05, 0) is 61.0 Å². The number of ether oxygens (including phenoxy) is 3. The summed E-state index contributed by atoms with van der Waals surface area (Å²) in [6.07, 6.45) is -0.589. The van der Waals surface area contributed by atoms with Gasteiger partial charge < -0.3 is 14.2 Å². The third kappa shape index (κ3) is 5.17. The molecule has 3 aromatic rings. The van der Waals surface area contributed by atoms with Gasteiger partial charge in [0.25, 0.3) is 5.56 Å². The lowest BCUT2D eigenvalue weighted by atomic mass is 10.1. The predicted molar refractivity (Wildman–Crippen MR) is 137 cm³/mol. The Bertz CT molecular complexity index is 1480. The van der Waals surface area contributed by atoms with Crippen LogP contribution in [-0.4, -0.2) is 53.0 Å². The zero-order valence-corrected chi connectivity index (χ0v) is 22.6. The third-order valence-corrected chi connectivity index (χ3v) is 6.60. The van der Waals surface area contributed by atoms with Gasteiger partial charge in [0.05, 0.1) is 54.0 Å². The molecule has 1 aliphatic rings. The van der Waals surface area contributed by atoms with Crippen molar-refractivity contribution in [1.82, 2.24) is 14.5 Å². The molecule has 1 unspecified atom stereocenters. The van der Waals surface area contributed by atoms with E-state index in [1.807, 2.05) is 6.07 Å². The average Bonchev–Trinajstić information content (AvgIpc) is 3.28. The minimum absolute atomic E-state index is 0.0114. The highest BCUT2D eigenvalue weighted by Crippen LogP contribution is 2.36. The molecule has 0 aliphatic carbocycles. The van der Waals surface area contributed by atoms with Crippen LogP contribution in [0.1, 0.15) is 44.6 Å². The van der Waals surface area contributed by atoms with Gasteiger partial charge in [-0.15, -0.1) is 0 Å². The van der Waals surface area contributed by atoms with Gasteiger partial charge in [-0.2, -0.15) is 5.26 Å². The first kappa shape index (κ1) is 26.6. The minimum Gasteiger partial charge on any atom is -0.494 e.